The van der Waals surface area contributed by atoms with Crippen molar-refractivity contribution >= 4 is 5.97 Å². The highest BCUT2D eigenvalue weighted by atomic mass is 16.5. The number of ether oxygens (including phenoxy) is 1. The van der Waals surface area contributed by atoms with Gasteiger partial charge < -0.3 is 4.74 Å². The summed E-state index contributed by atoms with van der Waals surface area (Å²) >= 11 is 0. The van der Waals surface area contributed by atoms with Crippen LogP contribution in [-0.2, 0) is 17.6 Å². The first-order chi connectivity index (χ1) is 7.66. The molecule has 1 aliphatic rings. The Balaban J connectivity index is 2.19. The Morgan fingerprint density at radius 1 is 1.31 bits per heavy atom. The van der Waals surface area contributed by atoms with Gasteiger partial charge in [-0.2, -0.15) is 0 Å². The molecule has 3 heteroatoms. The zero-order valence-corrected chi connectivity index (χ0v) is 9.82. The van der Waals surface area contributed by atoms with E-state index >= 15 is 0 Å². The second kappa shape index (κ2) is 4.64. The summed E-state index contributed by atoms with van der Waals surface area (Å²) in [6, 6.07) is 3.78. The van der Waals surface area contributed by atoms with Gasteiger partial charge in [0.25, 0.3) is 0 Å². The molecule has 0 saturated carbocycles. The number of aryl methyl sites for hydroxylation is 2. The van der Waals surface area contributed by atoms with Crippen LogP contribution in [0.2, 0.25) is 0 Å². The lowest BCUT2D eigenvalue weighted by Gasteiger charge is -2.15. The molecular weight excluding hydrogens is 202 g/mol. The van der Waals surface area contributed by atoms with Crippen LogP contribution in [0, 0.1) is 0 Å². The molecule has 2 rings (SSSR count). The van der Waals surface area contributed by atoms with E-state index in [0.717, 1.165) is 18.5 Å². The molecule has 1 aliphatic carbocycles. The number of aromatic nitrogens is 1. The number of pyridine rings is 1. The fraction of sp³-hybridized carbons (Fsp3) is 0.538. The van der Waals surface area contributed by atoms with Gasteiger partial charge in [0.2, 0.25) is 0 Å². The summed E-state index contributed by atoms with van der Waals surface area (Å²) in [6.07, 6.45) is 4.37. The number of rotatable bonds is 2. The maximum atomic E-state index is 11.7. The number of hydrogen-bond donors (Lipinski definition) is 0. The molecule has 0 radical (unpaired) electrons. The first-order valence-electron chi connectivity index (χ1n) is 5.86. The smallest absolute Gasteiger partial charge is 0.357 e. The Labute approximate surface area is 95.8 Å². The standard InChI is InChI=1S/C13H17NO2/c1-9(2)16-13(15)12-8-7-10-5-3-4-6-11(10)14-12/h7-9H,3-6H2,1-2H3. The predicted octanol–water partition coefficient (Wildman–Crippen LogP) is 2.53. The number of nitrogens with zero attached hydrogens (tertiary/aromatic N) is 1. The number of fused-ring (bicyclic) bond motifs is 1. The van der Waals surface area contributed by atoms with Crippen LogP contribution in [-0.4, -0.2) is 17.1 Å². The Kier molecular flexibility index (Phi) is 3.22. The summed E-state index contributed by atoms with van der Waals surface area (Å²) in [5, 5.41) is 0. The van der Waals surface area contributed by atoms with Crippen molar-refractivity contribution in [3.05, 3.63) is 29.1 Å². The van der Waals surface area contributed by atoms with E-state index in [9.17, 15) is 4.79 Å². The van der Waals surface area contributed by atoms with Gasteiger partial charge in [-0.3, -0.25) is 0 Å². The van der Waals surface area contributed by atoms with Crippen molar-refractivity contribution in [1.82, 2.24) is 4.98 Å². The monoisotopic (exact) mass is 219 g/mol. The summed E-state index contributed by atoms with van der Waals surface area (Å²) in [5.74, 6) is -0.316. The molecule has 0 unspecified atom stereocenters. The SMILES string of the molecule is CC(C)OC(=O)c1ccc2c(n1)CCCC2. The molecule has 1 heterocycles. The van der Waals surface area contributed by atoms with Crippen molar-refractivity contribution < 1.29 is 9.53 Å². The largest absolute Gasteiger partial charge is 0.458 e. The van der Waals surface area contributed by atoms with E-state index < -0.39 is 0 Å². The third kappa shape index (κ3) is 2.40. The minimum Gasteiger partial charge on any atom is -0.458 e. The van der Waals surface area contributed by atoms with Crippen molar-refractivity contribution in [2.24, 2.45) is 0 Å². The van der Waals surface area contributed by atoms with Gasteiger partial charge in [-0.1, -0.05) is 6.07 Å². The van der Waals surface area contributed by atoms with E-state index in [1.807, 2.05) is 19.9 Å². The van der Waals surface area contributed by atoms with E-state index in [1.54, 1.807) is 6.07 Å². The third-order valence-corrected chi connectivity index (χ3v) is 2.73. The summed E-state index contributed by atoms with van der Waals surface area (Å²) in [4.78, 5) is 16.0. The molecule has 16 heavy (non-hydrogen) atoms. The van der Waals surface area contributed by atoms with Crippen LogP contribution in [0.25, 0.3) is 0 Å². The minimum absolute atomic E-state index is 0.0923. The molecule has 0 atom stereocenters. The van der Waals surface area contributed by atoms with E-state index in [-0.39, 0.29) is 12.1 Å². The molecule has 0 spiro atoms. The summed E-state index contributed by atoms with van der Waals surface area (Å²) in [5.41, 5.74) is 2.80. The zero-order valence-electron chi connectivity index (χ0n) is 9.82. The van der Waals surface area contributed by atoms with Crippen molar-refractivity contribution in [1.29, 1.82) is 0 Å². The Hall–Kier alpha value is -1.38. The molecular formula is C13H17NO2. The van der Waals surface area contributed by atoms with Crippen molar-refractivity contribution in [2.75, 3.05) is 0 Å². The van der Waals surface area contributed by atoms with E-state index in [2.05, 4.69) is 4.98 Å². The molecule has 3 nitrogen and oxygen atoms in total. The van der Waals surface area contributed by atoms with E-state index in [1.165, 1.54) is 18.4 Å². The van der Waals surface area contributed by atoms with Crippen LogP contribution in [0.4, 0.5) is 0 Å². The van der Waals surface area contributed by atoms with Crippen LogP contribution in [0.15, 0.2) is 12.1 Å². The fourth-order valence-corrected chi connectivity index (χ4v) is 1.97. The molecule has 1 aromatic heterocycles. The molecule has 86 valence electrons. The molecule has 0 fully saturated rings. The number of hydrogen-bond acceptors (Lipinski definition) is 3. The Bertz CT molecular complexity index is 399. The van der Waals surface area contributed by atoms with Gasteiger partial charge in [-0.05, 0) is 51.2 Å². The lowest BCUT2D eigenvalue weighted by Crippen LogP contribution is -2.15. The van der Waals surface area contributed by atoms with Crippen molar-refractivity contribution in [3.63, 3.8) is 0 Å². The maximum Gasteiger partial charge on any atom is 0.357 e. The Morgan fingerprint density at radius 2 is 2.06 bits per heavy atom. The second-order valence-corrected chi connectivity index (χ2v) is 4.46. The third-order valence-electron chi connectivity index (χ3n) is 2.73. The van der Waals surface area contributed by atoms with Gasteiger partial charge in [0.05, 0.1) is 6.10 Å². The van der Waals surface area contributed by atoms with Gasteiger partial charge in [-0.15, -0.1) is 0 Å². The molecule has 0 aliphatic heterocycles. The quantitative estimate of drug-likeness (QED) is 0.717. The van der Waals surface area contributed by atoms with Crippen LogP contribution < -0.4 is 0 Å². The van der Waals surface area contributed by atoms with Crippen LogP contribution in [0.5, 0.6) is 0 Å². The number of carbonyl (C=O) groups is 1. The van der Waals surface area contributed by atoms with Gasteiger partial charge in [-0.25, -0.2) is 9.78 Å². The molecule has 0 aromatic carbocycles. The maximum absolute atomic E-state index is 11.7. The zero-order chi connectivity index (χ0) is 11.5. The van der Waals surface area contributed by atoms with E-state index in [4.69, 9.17) is 4.74 Å². The molecule has 0 N–H and O–H groups in total. The van der Waals surface area contributed by atoms with Gasteiger partial charge in [0, 0.05) is 5.69 Å². The molecule has 0 saturated heterocycles. The first-order valence-corrected chi connectivity index (χ1v) is 5.86. The normalized spacial score (nSPS) is 14.7. The highest BCUT2D eigenvalue weighted by molar-refractivity contribution is 5.87. The van der Waals surface area contributed by atoms with Gasteiger partial charge >= 0.3 is 5.97 Å². The molecule has 0 bridgehead atoms. The second-order valence-electron chi connectivity index (χ2n) is 4.46. The van der Waals surface area contributed by atoms with Crippen LogP contribution in [0.3, 0.4) is 0 Å². The Morgan fingerprint density at radius 3 is 2.81 bits per heavy atom. The van der Waals surface area contributed by atoms with Crippen molar-refractivity contribution in [3.8, 4) is 0 Å². The first kappa shape index (κ1) is 11.1. The fourth-order valence-electron chi connectivity index (χ4n) is 1.97. The van der Waals surface area contributed by atoms with Crippen molar-refractivity contribution in [2.45, 2.75) is 45.6 Å². The van der Waals surface area contributed by atoms with Crippen LogP contribution in [0.1, 0.15) is 48.4 Å². The highest BCUT2D eigenvalue weighted by Gasteiger charge is 2.15. The van der Waals surface area contributed by atoms with E-state index in [0.29, 0.717) is 5.69 Å². The summed E-state index contributed by atoms with van der Waals surface area (Å²) in [7, 11) is 0. The van der Waals surface area contributed by atoms with Gasteiger partial charge in [0.15, 0.2) is 0 Å². The lowest BCUT2D eigenvalue weighted by molar-refractivity contribution is 0.0370. The summed E-state index contributed by atoms with van der Waals surface area (Å²) in [6.45, 7) is 3.69. The molecule has 1 aromatic rings. The van der Waals surface area contributed by atoms with Gasteiger partial charge in [0.1, 0.15) is 5.69 Å². The lowest BCUT2D eigenvalue weighted by atomic mass is 9.96. The number of carbonyl (C=O) groups excluding carboxylic acids is 1. The average molecular weight is 219 g/mol. The number of esters is 1. The molecule has 0 amide bonds. The van der Waals surface area contributed by atoms with Crippen LogP contribution >= 0.6 is 0 Å². The minimum atomic E-state index is -0.316. The highest BCUT2D eigenvalue weighted by Crippen LogP contribution is 2.19. The average Bonchev–Trinajstić information content (AvgIpc) is 2.27. The predicted molar refractivity (Wildman–Crippen MR) is 61.4 cm³/mol. The summed E-state index contributed by atoms with van der Waals surface area (Å²) < 4.78 is 5.13. The topological polar surface area (TPSA) is 39.2 Å².